The molecule has 0 aliphatic carbocycles. The molecule has 2 atom stereocenters. The zero-order chi connectivity index (χ0) is 14.9. The van der Waals surface area contributed by atoms with Crippen molar-refractivity contribution in [1.82, 2.24) is 9.80 Å². The number of carbonyl (C=O) groups excluding carboxylic acids is 2. The van der Waals surface area contributed by atoms with E-state index in [1.807, 2.05) is 44.3 Å². The summed E-state index contributed by atoms with van der Waals surface area (Å²) in [6, 6.07) is 9.42. The molecule has 1 heterocycles. The molecule has 5 heteroatoms. The number of imide groups is 1. The lowest BCUT2D eigenvalue weighted by Crippen LogP contribution is -2.43. The van der Waals surface area contributed by atoms with E-state index in [1.54, 1.807) is 14.0 Å². The molecule has 1 unspecified atom stereocenters. The van der Waals surface area contributed by atoms with Gasteiger partial charge < -0.3 is 9.80 Å². The maximum atomic E-state index is 12.1. The van der Waals surface area contributed by atoms with Crippen LogP contribution in [0.15, 0.2) is 30.3 Å². The van der Waals surface area contributed by atoms with E-state index in [-0.39, 0.29) is 24.0 Å². The number of para-hydroxylation sites is 1. The third-order valence-corrected chi connectivity index (χ3v) is 4.01. The van der Waals surface area contributed by atoms with Crippen LogP contribution in [0.5, 0.6) is 0 Å². The summed E-state index contributed by atoms with van der Waals surface area (Å²) in [5, 5.41) is 0. The first-order chi connectivity index (χ1) is 9.43. The molecule has 2 rings (SSSR count). The van der Waals surface area contributed by atoms with Gasteiger partial charge in [-0.2, -0.15) is 0 Å². The number of hydrogen-bond acceptors (Lipinski definition) is 3. The zero-order valence-electron chi connectivity index (χ0n) is 12.4. The number of likely N-dealkylation sites (N-methyl/N-ethyl adjacent to an activating group) is 2. The topological polar surface area (TPSA) is 43.9 Å². The quantitative estimate of drug-likeness (QED) is 0.787. The summed E-state index contributed by atoms with van der Waals surface area (Å²) >= 11 is 0. The van der Waals surface area contributed by atoms with Crippen LogP contribution in [0, 0.1) is 0 Å². The van der Waals surface area contributed by atoms with E-state index in [1.165, 1.54) is 9.80 Å². The summed E-state index contributed by atoms with van der Waals surface area (Å²) in [5.74, 6) is -0.120. The molecule has 108 valence electrons. The number of anilines is 1. The predicted octanol–water partition coefficient (Wildman–Crippen LogP) is 1.79. The first-order valence-corrected chi connectivity index (χ1v) is 6.79. The van der Waals surface area contributed by atoms with Gasteiger partial charge in [0, 0.05) is 25.8 Å². The first kappa shape index (κ1) is 14.4. The lowest BCUT2D eigenvalue weighted by atomic mass is 10.2. The third-order valence-electron chi connectivity index (χ3n) is 4.01. The Kier molecular flexibility index (Phi) is 3.97. The van der Waals surface area contributed by atoms with Crippen LogP contribution in [0.4, 0.5) is 10.5 Å². The molecule has 1 saturated heterocycles. The van der Waals surface area contributed by atoms with Crippen molar-refractivity contribution in [2.24, 2.45) is 0 Å². The van der Waals surface area contributed by atoms with E-state index >= 15 is 0 Å². The molecule has 0 N–H and O–H groups in total. The second-order valence-corrected chi connectivity index (χ2v) is 5.31. The van der Waals surface area contributed by atoms with Gasteiger partial charge in [0.1, 0.15) is 6.04 Å². The molecular weight excluding hydrogens is 254 g/mol. The van der Waals surface area contributed by atoms with Crippen molar-refractivity contribution in [3.05, 3.63) is 30.3 Å². The van der Waals surface area contributed by atoms with E-state index in [2.05, 4.69) is 4.90 Å². The average molecular weight is 275 g/mol. The number of rotatable bonds is 4. The highest BCUT2D eigenvalue weighted by atomic mass is 16.2. The van der Waals surface area contributed by atoms with Crippen molar-refractivity contribution >= 4 is 17.6 Å². The number of amides is 3. The normalized spacial score (nSPS) is 20.5. The van der Waals surface area contributed by atoms with Crippen molar-refractivity contribution in [3.8, 4) is 0 Å². The first-order valence-electron chi connectivity index (χ1n) is 6.79. The standard InChI is InChI=1S/C15H21N3O2/c1-11(16(3)13-8-6-5-7-9-13)10-18-14(19)12(2)17(4)15(18)20/h5-9,11-12H,10H2,1-4H3/t11?,12-/m0/s1. The third kappa shape index (κ3) is 2.48. The van der Waals surface area contributed by atoms with Gasteiger partial charge in [0.2, 0.25) is 0 Å². The van der Waals surface area contributed by atoms with Crippen LogP contribution in [0.3, 0.4) is 0 Å². The summed E-state index contributed by atoms with van der Waals surface area (Å²) in [6.07, 6.45) is 0. The highest BCUT2D eigenvalue weighted by Crippen LogP contribution is 2.19. The molecule has 0 bridgehead atoms. The maximum absolute atomic E-state index is 12.1. The van der Waals surface area contributed by atoms with Gasteiger partial charge in [-0.05, 0) is 26.0 Å². The molecule has 0 saturated carbocycles. The van der Waals surface area contributed by atoms with Crippen LogP contribution in [0.25, 0.3) is 0 Å². The number of carbonyl (C=O) groups is 2. The Morgan fingerprint density at radius 1 is 1.25 bits per heavy atom. The minimum absolute atomic E-state index is 0.0593. The van der Waals surface area contributed by atoms with Gasteiger partial charge in [-0.1, -0.05) is 18.2 Å². The van der Waals surface area contributed by atoms with Gasteiger partial charge >= 0.3 is 6.03 Å². The van der Waals surface area contributed by atoms with Crippen LogP contribution in [-0.2, 0) is 4.79 Å². The smallest absolute Gasteiger partial charge is 0.327 e. The molecule has 20 heavy (non-hydrogen) atoms. The summed E-state index contributed by atoms with van der Waals surface area (Å²) in [4.78, 5) is 29.0. The molecule has 1 aromatic rings. The second kappa shape index (κ2) is 5.53. The van der Waals surface area contributed by atoms with Crippen LogP contribution in [-0.4, -0.2) is 54.5 Å². The predicted molar refractivity (Wildman–Crippen MR) is 78.6 cm³/mol. The van der Waals surface area contributed by atoms with Crippen LogP contribution >= 0.6 is 0 Å². The zero-order valence-corrected chi connectivity index (χ0v) is 12.4. The minimum atomic E-state index is -0.364. The molecule has 0 radical (unpaired) electrons. The van der Waals surface area contributed by atoms with Gasteiger partial charge in [0.25, 0.3) is 5.91 Å². The van der Waals surface area contributed by atoms with Gasteiger partial charge in [0.05, 0.1) is 6.54 Å². The van der Waals surface area contributed by atoms with E-state index in [0.717, 1.165) is 5.69 Å². The Bertz CT molecular complexity index is 483. The van der Waals surface area contributed by atoms with Gasteiger partial charge in [-0.3, -0.25) is 9.69 Å². The number of hydrogen-bond donors (Lipinski definition) is 0. The van der Waals surface area contributed by atoms with Crippen molar-refractivity contribution < 1.29 is 9.59 Å². The number of urea groups is 1. The number of nitrogens with zero attached hydrogens (tertiary/aromatic N) is 3. The maximum Gasteiger partial charge on any atom is 0.327 e. The van der Waals surface area contributed by atoms with Gasteiger partial charge in [-0.15, -0.1) is 0 Å². The molecule has 0 aromatic heterocycles. The van der Waals surface area contributed by atoms with E-state index in [4.69, 9.17) is 0 Å². The minimum Gasteiger partial charge on any atom is -0.370 e. The Morgan fingerprint density at radius 3 is 2.35 bits per heavy atom. The molecular formula is C15H21N3O2. The summed E-state index contributed by atoms with van der Waals surface area (Å²) < 4.78 is 0. The molecule has 0 spiro atoms. The van der Waals surface area contributed by atoms with Gasteiger partial charge in [0.15, 0.2) is 0 Å². The lowest BCUT2D eigenvalue weighted by molar-refractivity contribution is -0.127. The largest absolute Gasteiger partial charge is 0.370 e. The van der Waals surface area contributed by atoms with E-state index < -0.39 is 0 Å². The molecule has 1 aromatic carbocycles. The Hall–Kier alpha value is -2.04. The highest BCUT2D eigenvalue weighted by Gasteiger charge is 2.40. The summed E-state index contributed by atoms with van der Waals surface area (Å²) in [5.41, 5.74) is 1.07. The Morgan fingerprint density at radius 2 is 1.85 bits per heavy atom. The van der Waals surface area contributed by atoms with Crippen molar-refractivity contribution in [3.63, 3.8) is 0 Å². The van der Waals surface area contributed by atoms with Crippen molar-refractivity contribution in [2.45, 2.75) is 25.9 Å². The molecule has 1 aliphatic rings. The van der Waals surface area contributed by atoms with Crippen molar-refractivity contribution in [2.75, 3.05) is 25.5 Å². The van der Waals surface area contributed by atoms with Crippen molar-refractivity contribution in [1.29, 1.82) is 0 Å². The molecule has 1 fully saturated rings. The molecule has 5 nitrogen and oxygen atoms in total. The van der Waals surface area contributed by atoms with E-state index in [9.17, 15) is 9.59 Å². The average Bonchev–Trinajstić information content (AvgIpc) is 2.65. The molecule has 1 aliphatic heterocycles. The second-order valence-electron chi connectivity index (χ2n) is 5.31. The molecule has 3 amide bonds. The fraction of sp³-hybridized carbons (Fsp3) is 0.467. The fourth-order valence-corrected chi connectivity index (χ4v) is 2.31. The van der Waals surface area contributed by atoms with E-state index in [0.29, 0.717) is 6.54 Å². The number of benzene rings is 1. The van der Waals surface area contributed by atoms with Crippen LogP contribution in [0.2, 0.25) is 0 Å². The summed E-state index contributed by atoms with van der Waals surface area (Å²) in [7, 11) is 3.63. The lowest BCUT2D eigenvalue weighted by Gasteiger charge is -2.29. The highest BCUT2D eigenvalue weighted by molar-refractivity contribution is 6.03. The fourth-order valence-electron chi connectivity index (χ4n) is 2.31. The monoisotopic (exact) mass is 275 g/mol. The SMILES string of the molecule is CC(CN1C(=O)[C@H](C)N(C)C1=O)N(C)c1ccccc1. The Labute approximate surface area is 119 Å². The summed E-state index contributed by atoms with van der Waals surface area (Å²) in [6.45, 7) is 4.17. The van der Waals surface area contributed by atoms with Gasteiger partial charge in [-0.25, -0.2) is 4.79 Å². The van der Waals surface area contributed by atoms with Crippen LogP contribution in [0.1, 0.15) is 13.8 Å². The Balaban J connectivity index is 2.07. The van der Waals surface area contributed by atoms with Crippen LogP contribution < -0.4 is 4.90 Å².